The lowest BCUT2D eigenvalue weighted by molar-refractivity contribution is -0.143. The Bertz CT molecular complexity index is 612. The minimum absolute atomic E-state index is 0.0935. The first-order chi connectivity index (χ1) is 11.0. The topological polar surface area (TPSA) is 69.6 Å². The Labute approximate surface area is 134 Å². The highest BCUT2D eigenvalue weighted by molar-refractivity contribution is 5.76. The lowest BCUT2D eigenvalue weighted by Gasteiger charge is -2.33. The molecule has 5 nitrogen and oxygen atoms in total. The summed E-state index contributed by atoms with van der Waals surface area (Å²) in [6, 6.07) is 4.49. The predicted octanol–water partition coefficient (Wildman–Crippen LogP) is 2.71. The number of halogens is 1. The number of hydrogen-bond acceptors (Lipinski definition) is 2. The summed E-state index contributed by atoms with van der Waals surface area (Å²) in [6.45, 7) is 0.928. The van der Waals surface area contributed by atoms with Crippen LogP contribution in [0.3, 0.4) is 0 Å². The highest BCUT2D eigenvalue weighted by Crippen LogP contribution is 2.30. The lowest BCUT2D eigenvalue weighted by atomic mass is 9.87. The monoisotopic (exact) mass is 320 g/mol. The van der Waals surface area contributed by atoms with E-state index in [2.05, 4.69) is 5.32 Å². The Morgan fingerprint density at radius 2 is 1.96 bits per heavy atom. The van der Waals surface area contributed by atoms with Gasteiger partial charge in [-0.1, -0.05) is 6.07 Å². The average molecular weight is 320 g/mol. The van der Waals surface area contributed by atoms with E-state index >= 15 is 0 Å². The molecule has 1 atom stereocenters. The highest BCUT2D eigenvalue weighted by Gasteiger charge is 2.29. The van der Waals surface area contributed by atoms with E-state index < -0.39 is 5.97 Å². The van der Waals surface area contributed by atoms with Gasteiger partial charge in [0.05, 0.1) is 12.0 Å². The summed E-state index contributed by atoms with van der Waals surface area (Å²) < 4.78 is 13.3. The number of carboxylic acids is 1. The predicted molar refractivity (Wildman–Crippen MR) is 82.5 cm³/mol. The third-order valence-corrected chi connectivity index (χ3v) is 4.85. The van der Waals surface area contributed by atoms with Crippen molar-refractivity contribution in [3.8, 4) is 0 Å². The van der Waals surface area contributed by atoms with Crippen LogP contribution in [0.25, 0.3) is 0 Å². The Hall–Kier alpha value is -2.11. The van der Waals surface area contributed by atoms with E-state index in [0.29, 0.717) is 25.9 Å². The summed E-state index contributed by atoms with van der Waals surface area (Å²) in [5, 5.41) is 12.0. The van der Waals surface area contributed by atoms with Gasteiger partial charge in [0.15, 0.2) is 0 Å². The fraction of sp³-hybridized carbons (Fsp3) is 0.529. The normalized spacial score (nSPS) is 21.6. The third-order valence-electron chi connectivity index (χ3n) is 4.85. The number of benzene rings is 1. The second-order valence-electron chi connectivity index (χ2n) is 6.34. The molecule has 3 rings (SSSR count). The first kappa shape index (κ1) is 15.8. The van der Waals surface area contributed by atoms with E-state index in [-0.39, 0.29) is 23.8 Å². The van der Waals surface area contributed by atoms with Crippen molar-refractivity contribution in [1.82, 2.24) is 10.2 Å². The SMILES string of the molecule is O=C(O)C1CCN(C(=O)NC2CCCc3cc(F)ccc32)CC1. The number of nitrogens with zero attached hydrogens (tertiary/aromatic N) is 1. The van der Waals surface area contributed by atoms with Gasteiger partial charge in [0.2, 0.25) is 0 Å². The van der Waals surface area contributed by atoms with Crippen molar-refractivity contribution in [2.45, 2.75) is 38.1 Å². The number of amides is 2. The fourth-order valence-corrected chi connectivity index (χ4v) is 3.50. The number of aliphatic carboxylic acids is 1. The van der Waals surface area contributed by atoms with Gasteiger partial charge >= 0.3 is 12.0 Å². The molecule has 124 valence electrons. The van der Waals surface area contributed by atoms with Gasteiger partial charge in [0.1, 0.15) is 5.82 Å². The number of fused-ring (bicyclic) bond motifs is 1. The van der Waals surface area contributed by atoms with Crippen molar-refractivity contribution < 1.29 is 19.1 Å². The summed E-state index contributed by atoms with van der Waals surface area (Å²) in [7, 11) is 0. The van der Waals surface area contributed by atoms with Gasteiger partial charge in [-0.2, -0.15) is 0 Å². The van der Waals surface area contributed by atoms with Gasteiger partial charge in [0.25, 0.3) is 0 Å². The second-order valence-corrected chi connectivity index (χ2v) is 6.34. The quantitative estimate of drug-likeness (QED) is 0.880. The number of piperidine rings is 1. The van der Waals surface area contributed by atoms with Crippen molar-refractivity contribution in [2.75, 3.05) is 13.1 Å². The van der Waals surface area contributed by atoms with Crippen LogP contribution in [0, 0.1) is 11.7 Å². The zero-order valence-corrected chi connectivity index (χ0v) is 12.9. The van der Waals surface area contributed by atoms with Crippen molar-refractivity contribution >= 4 is 12.0 Å². The van der Waals surface area contributed by atoms with Gasteiger partial charge in [-0.3, -0.25) is 4.79 Å². The van der Waals surface area contributed by atoms with Crippen LogP contribution in [0.5, 0.6) is 0 Å². The zero-order valence-electron chi connectivity index (χ0n) is 12.9. The molecule has 2 amide bonds. The number of carboxylic acid groups (broad SMARTS) is 1. The summed E-state index contributed by atoms with van der Waals surface area (Å²) >= 11 is 0. The number of likely N-dealkylation sites (tertiary alicyclic amines) is 1. The average Bonchev–Trinajstić information content (AvgIpc) is 2.54. The molecule has 2 aliphatic rings. The van der Waals surface area contributed by atoms with Crippen molar-refractivity contribution in [3.05, 3.63) is 35.1 Å². The van der Waals surface area contributed by atoms with E-state index in [0.717, 1.165) is 30.4 Å². The molecule has 6 heteroatoms. The summed E-state index contributed by atoms with van der Waals surface area (Å²) in [4.78, 5) is 25.1. The van der Waals surface area contributed by atoms with Crippen LogP contribution < -0.4 is 5.32 Å². The molecule has 1 fully saturated rings. The fourth-order valence-electron chi connectivity index (χ4n) is 3.50. The van der Waals surface area contributed by atoms with Crippen LogP contribution >= 0.6 is 0 Å². The number of urea groups is 1. The number of carbonyl (C=O) groups is 2. The van der Waals surface area contributed by atoms with Crippen molar-refractivity contribution in [3.63, 3.8) is 0 Å². The van der Waals surface area contributed by atoms with E-state index in [1.54, 1.807) is 17.0 Å². The van der Waals surface area contributed by atoms with Gasteiger partial charge in [-0.25, -0.2) is 9.18 Å². The standard InChI is InChI=1S/C17H21FN2O3/c18-13-4-5-14-12(10-13)2-1-3-15(14)19-17(23)20-8-6-11(7-9-20)16(21)22/h4-5,10-11,15H,1-3,6-9H2,(H,19,23)(H,21,22). The maximum Gasteiger partial charge on any atom is 0.317 e. The van der Waals surface area contributed by atoms with Crippen LogP contribution in [0.4, 0.5) is 9.18 Å². The zero-order chi connectivity index (χ0) is 16.4. The molecule has 0 radical (unpaired) electrons. The number of aryl methyl sites for hydroxylation is 1. The maximum atomic E-state index is 13.3. The molecular weight excluding hydrogens is 299 g/mol. The Balaban J connectivity index is 1.62. The minimum Gasteiger partial charge on any atom is -0.481 e. The summed E-state index contributed by atoms with van der Waals surface area (Å²) in [6.07, 6.45) is 3.59. The molecule has 1 heterocycles. The molecule has 1 aromatic rings. The smallest absolute Gasteiger partial charge is 0.317 e. The highest BCUT2D eigenvalue weighted by atomic mass is 19.1. The van der Waals surface area contributed by atoms with Gasteiger partial charge in [-0.05, 0) is 55.4 Å². The lowest BCUT2D eigenvalue weighted by Crippen LogP contribution is -2.46. The van der Waals surface area contributed by atoms with Gasteiger partial charge < -0.3 is 15.3 Å². The molecule has 0 bridgehead atoms. The van der Waals surface area contributed by atoms with Crippen LogP contribution in [-0.4, -0.2) is 35.1 Å². The van der Waals surface area contributed by atoms with E-state index in [4.69, 9.17) is 5.11 Å². The molecule has 1 unspecified atom stereocenters. The molecule has 0 aromatic heterocycles. The summed E-state index contributed by atoms with van der Waals surface area (Å²) in [5.41, 5.74) is 1.96. The van der Waals surface area contributed by atoms with E-state index in [9.17, 15) is 14.0 Å². The Morgan fingerprint density at radius 1 is 1.22 bits per heavy atom. The molecule has 23 heavy (non-hydrogen) atoms. The summed E-state index contributed by atoms with van der Waals surface area (Å²) in [5.74, 6) is -1.38. The molecule has 2 N–H and O–H groups in total. The molecule has 1 aliphatic carbocycles. The third kappa shape index (κ3) is 3.46. The van der Waals surface area contributed by atoms with E-state index in [1.807, 2.05) is 0 Å². The number of hydrogen-bond donors (Lipinski definition) is 2. The Kier molecular flexibility index (Phi) is 4.50. The molecule has 0 saturated carbocycles. The second kappa shape index (κ2) is 6.56. The first-order valence-corrected chi connectivity index (χ1v) is 8.11. The Morgan fingerprint density at radius 3 is 2.65 bits per heavy atom. The van der Waals surface area contributed by atoms with Gasteiger partial charge in [-0.15, -0.1) is 0 Å². The van der Waals surface area contributed by atoms with Crippen LogP contribution in [0.15, 0.2) is 18.2 Å². The molecule has 0 spiro atoms. The molecule has 1 saturated heterocycles. The van der Waals surface area contributed by atoms with Crippen molar-refractivity contribution in [2.24, 2.45) is 5.92 Å². The maximum absolute atomic E-state index is 13.3. The van der Waals surface area contributed by atoms with E-state index in [1.165, 1.54) is 6.07 Å². The molecule has 1 aliphatic heterocycles. The molecule has 1 aromatic carbocycles. The van der Waals surface area contributed by atoms with Gasteiger partial charge in [0, 0.05) is 13.1 Å². The van der Waals surface area contributed by atoms with Crippen molar-refractivity contribution in [1.29, 1.82) is 0 Å². The molecular formula is C17H21FN2O3. The first-order valence-electron chi connectivity index (χ1n) is 8.11. The minimum atomic E-state index is -0.784. The van der Waals surface area contributed by atoms with Crippen LogP contribution in [-0.2, 0) is 11.2 Å². The number of nitrogens with one attached hydrogen (secondary N) is 1. The largest absolute Gasteiger partial charge is 0.481 e. The number of carbonyl (C=O) groups excluding carboxylic acids is 1. The van der Waals surface area contributed by atoms with Crippen LogP contribution in [0.2, 0.25) is 0 Å². The van der Waals surface area contributed by atoms with Crippen LogP contribution in [0.1, 0.15) is 42.9 Å². The number of rotatable bonds is 2.